The second-order valence-electron chi connectivity index (χ2n) is 10.5. The van der Waals surface area contributed by atoms with Gasteiger partial charge >= 0.3 is 6.03 Å². The lowest BCUT2D eigenvalue weighted by Gasteiger charge is -2.48. The zero-order chi connectivity index (χ0) is 24.2. The van der Waals surface area contributed by atoms with Crippen LogP contribution in [-0.2, 0) is 10.8 Å². The normalized spacial score (nSPS) is 15.0. The molecule has 1 aliphatic rings. The van der Waals surface area contributed by atoms with Crippen LogP contribution in [-0.4, -0.2) is 31.7 Å². The first kappa shape index (κ1) is 25.6. The number of urea groups is 1. The summed E-state index contributed by atoms with van der Waals surface area (Å²) in [6, 6.07) is 5.20. The van der Waals surface area contributed by atoms with E-state index in [0.717, 1.165) is 36.9 Å². The summed E-state index contributed by atoms with van der Waals surface area (Å²) in [4.78, 5) is 30.2. The number of rotatable bonds is 8. The Morgan fingerprint density at radius 3 is 2.55 bits per heavy atom. The van der Waals surface area contributed by atoms with E-state index < -0.39 is 14.3 Å². The zero-order valence-electron chi connectivity index (χ0n) is 20.7. The van der Waals surface area contributed by atoms with Crippen LogP contribution in [0, 0.1) is 12.8 Å². The second-order valence-corrected chi connectivity index (χ2v) is 16.1. The van der Waals surface area contributed by atoms with Gasteiger partial charge in [-0.15, -0.1) is 29.5 Å². The molecule has 33 heavy (non-hydrogen) atoms. The molecule has 1 aromatic carbocycles. The smallest absolute Gasteiger partial charge is 0.325 e. The third kappa shape index (κ3) is 6.74. The number of aromatic nitrogens is 1. The van der Waals surface area contributed by atoms with Gasteiger partial charge in [-0.2, -0.15) is 0 Å². The van der Waals surface area contributed by atoms with Crippen molar-refractivity contribution in [2.24, 2.45) is 5.92 Å². The van der Waals surface area contributed by atoms with Gasteiger partial charge in [0.05, 0.1) is 11.4 Å². The molecular formula is C25H37N3O3SSi-. The molecule has 0 saturated heterocycles. The average molecular weight is 488 g/mol. The third-order valence-corrected chi connectivity index (χ3v) is 12.2. The summed E-state index contributed by atoms with van der Waals surface area (Å²) >= 11 is 1.39. The average Bonchev–Trinajstić information content (AvgIpc) is 3.40. The largest absolute Gasteiger partial charge is 0.564 e. The van der Waals surface area contributed by atoms with Crippen molar-refractivity contribution in [1.29, 1.82) is 0 Å². The number of carbonyl (C=O) groups is 2. The molecule has 0 bridgehead atoms. The van der Waals surface area contributed by atoms with E-state index in [9.17, 15) is 9.59 Å². The lowest BCUT2D eigenvalue weighted by Crippen LogP contribution is -2.41. The number of thiazole rings is 1. The lowest BCUT2D eigenvalue weighted by atomic mass is 9.94. The van der Waals surface area contributed by atoms with Crippen molar-refractivity contribution < 1.29 is 14.0 Å². The van der Waals surface area contributed by atoms with Crippen LogP contribution in [0.4, 0.5) is 15.6 Å². The fraction of sp³-hybridized carbons (Fsp3) is 0.560. The molecule has 0 unspecified atom stereocenters. The minimum atomic E-state index is -1.78. The molecule has 0 radical (unpaired) electrons. The van der Waals surface area contributed by atoms with Crippen LogP contribution in [0.2, 0.25) is 18.1 Å². The highest BCUT2D eigenvalue weighted by Gasteiger charge is 2.26. The van der Waals surface area contributed by atoms with Gasteiger partial charge in [0.25, 0.3) is 0 Å². The molecule has 2 N–H and O–H groups in total. The first-order chi connectivity index (χ1) is 15.5. The van der Waals surface area contributed by atoms with Gasteiger partial charge in [0.1, 0.15) is 0 Å². The number of nitrogens with zero attached hydrogens (tertiary/aromatic N) is 1. The zero-order valence-corrected chi connectivity index (χ0v) is 22.5. The van der Waals surface area contributed by atoms with E-state index in [4.69, 9.17) is 4.43 Å². The van der Waals surface area contributed by atoms with Crippen molar-refractivity contribution >= 4 is 42.3 Å². The fourth-order valence-electron chi connectivity index (χ4n) is 3.74. The second kappa shape index (κ2) is 10.5. The minimum Gasteiger partial charge on any atom is -0.564 e. The summed E-state index contributed by atoms with van der Waals surface area (Å²) in [5, 5.41) is 8.32. The molecule has 8 heteroatoms. The molecule has 1 heterocycles. The van der Waals surface area contributed by atoms with E-state index in [1.165, 1.54) is 11.3 Å². The van der Waals surface area contributed by atoms with Gasteiger partial charge < -0.3 is 9.74 Å². The summed E-state index contributed by atoms with van der Waals surface area (Å²) in [5.41, 5.74) is 3.06. The van der Waals surface area contributed by atoms with E-state index in [-0.39, 0.29) is 16.7 Å². The van der Waals surface area contributed by atoms with Gasteiger partial charge in [0.2, 0.25) is 0 Å². The number of amides is 2. The summed E-state index contributed by atoms with van der Waals surface area (Å²) in [6.45, 7) is 13.7. The number of hydrogen-bond acceptors (Lipinski definition) is 5. The number of carbonyl (C=O) groups excluding carboxylic acids is 2. The maximum absolute atomic E-state index is 13.0. The van der Waals surface area contributed by atoms with Crippen LogP contribution in [0.5, 0.6) is 0 Å². The van der Waals surface area contributed by atoms with Crippen molar-refractivity contribution in [2.75, 3.05) is 17.2 Å². The summed E-state index contributed by atoms with van der Waals surface area (Å²) < 4.78 is 6.23. The highest BCUT2D eigenvalue weighted by Crippen LogP contribution is 2.36. The summed E-state index contributed by atoms with van der Waals surface area (Å²) in [7, 11) is -1.78. The van der Waals surface area contributed by atoms with Crippen LogP contribution in [0.25, 0.3) is 0 Å². The number of aryl methyl sites for hydroxylation is 1. The molecule has 2 aromatic rings. The Labute approximate surface area is 202 Å². The maximum Gasteiger partial charge on any atom is 0.325 e. The Kier molecular flexibility index (Phi) is 8.13. The maximum atomic E-state index is 13.0. The van der Waals surface area contributed by atoms with E-state index in [2.05, 4.69) is 49.5 Å². The van der Waals surface area contributed by atoms with E-state index in [1.807, 2.05) is 30.5 Å². The molecule has 181 valence electrons. The minimum absolute atomic E-state index is 0.0606. The Morgan fingerprint density at radius 1 is 1.18 bits per heavy atom. The van der Waals surface area contributed by atoms with Crippen LogP contribution < -0.4 is 10.6 Å². The first-order valence-corrected chi connectivity index (χ1v) is 15.6. The van der Waals surface area contributed by atoms with E-state index in [0.29, 0.717) is 29.4 Å². The molecule has 1 saturated carbocycles. The fourth-order valence-corrected chi connectivity index (χ4v) is 5.52. The van der Waals surface area contributed by atoms with Gasteiger partial charge in [-0.05, 0) is 40.2 Å². The molecule has 2 amide bonds. The molecule has 1 aromatic heterocycles. The topological polar surface area (TPSA) is 80.3 Å². The van der Waals surface area contributed by atoms with Gasteiger partial charge in [0, 0.05) is 29.9 Å². The Bertz CT molecular complexity index is 991. The standard InChI is InChI=1S/C25H37N3O3SSi/c1-17-11-12-21(20(15-17)22(29)18-9-7-8-10-18)27-23(30)28-24-26-19(16-32-24)13-14-31-33(5,6)25(2,3)4/h11-12,15-16,18H,7-10,13-14H2,1-6H3,(H2,26,27,28,30)/q-1. The molecule has 1 aliphatic carbocycles. The predicted octanol–water partition coefficient (Wildman–Crippen LogP) is 7.03. The number of ketones is 1. The van der Waals surface area contributed by atoms with Gasteiger partial charge in [-0.25, -0.2) is 9.78 Å². The van der Waals surface area contributed by atoms with Gasteiger partial charge in [-0.1, -0.05) is 45.2 Å². The first-order valence-electron chi connectivity index (χ1n) is 11.8. The van der Waals surface area contributed by atoms with Crippen molar-refractivity contribution in [3.63, 3.8) is 0 Å². The van der Waals surface area contributed by atoms with E-state index in [1.54, 1.807) is 0 Å². The van der Waals surface area contributed by atoms with Gasteiger partial charge in [-0.3, -0.25) is 10.1 Å². The summed E-state index contributed by atoms with van der Waals surface area (Å²) in [5.74, 6) is 0.190. The molecule has 0 spiro atoms. The predicted molar refractivity (Wildman–Crippen MR) is 139 cm³/mol. The molecule has 1 fully saturated rings. The van der Waals surface area contributed by atoms with Crippen molar-refractivity contribution in [1.82, 2.24) is 4.98 Å². The van der Waals surface area contributed by atoms with Crippen LogP contribution in [0.3, 0.4) is 0 Å². The quantitative estimate of drug-likeness (QED) is 0.309. The van der Waals surface area contributed by atoms with Crippen molar-refractivity contribution in [3.05, 3.63) is 40.4 Å². The van der Waals surface area contributed by atoms with Crippen LogP contribution in [0.1, 0.15) is 68.1 Å². The third-order valence-electron chi connectivity index (χ3n) is 6.81. The van der Waals surface area contributed by atoms with Crippen LogP contribution >= 0.6 is 11.3 Å². The monoisotopic (exact) mass is 487 g/mol. The van der Waals surface area contributed by atoms with Crippen molar-refractivity contribution in [2.45, 2.75) is 77.9 Å². The molecule has 0 aliphatic heterocycles. The number of anilines is 2. The SMILES string of the molecule is Cc1ccc(NC(=O)Nc2nc(CCO[Si-](C)(C)C(C)(C)C)cs2)c(C(=O)C2CCCC2)c1. The number of nitrogens with one attached hydrogen (secondary N) is 2. The molecule has 3 rings (SSSR count). The number of benzene rings is 1. The van der Waals surface area contributed by atoms with Crippen LogP contribution in [0.15, 0.2) is 23.6 Å². The highest BCUT2D eigenvalue weighted by atomic mass is 32.1. The molecular weight excluding hydrogens is 450 g/mol. The Hall–Kier alpha value is -2.03. The number of hydrogen-bond donors (Lipinski definition) is 2. The molecule has 0 atom stereocenters. The Balaban J connectivity index is 1.58. The number of Topliss-reactive ketones (excluding diaryl/α,β-unsaturated/α-hetero) is 1. The Morgan fingerprint density at radius 2 is 1.88 bits per heavy atom. The van der Waals surface area contributed by atoms with E-state index >= 15 is 0 Å². The van der Waals surface area contributed by atoms with Crippen molar-refractivity contribution in [3.8, 4) is 0 Å². The van der Waals surface area contributed by atoms with Gasteiger partial charge in [0.15, 0.2) is 10.9 Å². The lowest BCUT2D eigenvalue weighted by molar-refractivity contribution is 0.0923. The molecule has 6 nitrogen and oxygen atoms in total. The summed E-state index contributed by atoms with van der Waals surface area (Å²) in [6.07, 6.45) is 4.76. The highest BCUT2D eigenvalue weighted by molar-refractivity contribution is 7.13.